The van der Waals surface area contributed by atoms with Crippen molar-refractivity contribution in [3.8, 4) is 12.5 Å². The van der Waals surface area contributed by atoms with Crippen LogP contribution in [0.3, 0.4) is 0 Å². The molecule has 0 rings (SSSR count). The van der Waals surface area contributed by atoms with Crippen molar-refractivity contribution < 1.29 is 14.2 Å². The second-order valence-electron chi connectivity index (χ2n) is 4.33. The average molecular weight is 223 g/mol. The fourth-order valence-electron chi connectivity index (χ4n) is 1.03. The van der Waals surface area contributed by atoms with Crippen LogP contribution >= 0.6 is 0 Å². The second kappa shape index (κ2) is 7.05. The summed E-state index contributed by atoms with van der Waals surface area (Å²) >= 11 is 0. The van der Waals surface area contributed by atoms with Gasteiger partial charge in [-0.1, -0.05) is 0 Å². The van der Waals surface area contributed by atoms with Crippen LogP contribution in [0.25, 0.3) is 0 Å². The molecule has 0 aliphatic rings. The van der Waals surface area contributed by atoms with Crippen LogP contribution in [0.1, 0.15) is 40.5 Å². The summed E-state index contributed by atoms with van der Waals surface area (Å²) in [6.45, 7) is 7.41. The Labute approximate surface area is 97.7 Å². The number of carbonyl (C=O) groups is 1. The molecule has 0 saturated carbocycles. The topological polar surface area (TPSA) is 47.9 Å². The molecule has 88 valence electrons. The Morgan fingerprint density at radius 3 is 2.62 bits per heavy atom. The van der Waals surface area contributed by atoms with Crippen LogP contribution < -0.4 is 0 Å². The predicted molar refractivity (Wildman–Crippen MR) is 62.6 cm³/mol. The zero-order valence-corrected chi connectivity index (χ0v) is 10.3. The van der Waals surface area contributed by atoms with Gasteiger partial charge < -0.3 is 0 Å². The molecule has 0 aromatic rings. The normalized spacial score (nSPS) is 12.7. The second-order valence-corrected chi connectivity index (χ2v) is 4.33. The van der Waals surface area contributed by atoms with Gasteiger partial charge in [0.05, 0.1) is 0 Å². The molecular formula is C11H18BNO3. The van der Waals surface area contributed by atoms with Gasteiger partial charge in [-0.25, -0.2) is 0 Å². The van der Waals surface area contributed by atoms with Crippen LogP contribution in [0, 0.1) is 12.5 Å². The third kappa shape index (κ3) is 7.05. The molecule has 0 aromatic heterocycles. The van der Waals surface area contributed by atoms with E-state index in [-0.39, 0.29) is 5.97 Å². The molecule has 1 atom stereocenters. The van der Waals surface area contributed by atoms with E-state index in [0.29, 0.717) is 6.42 Å². The van der Waals surface area contributed by atoms with Crippen LogP contribution in [0.4, 0.5) is 0 Å². The number of esters is 1. The molecule has 0 bridgehead atoms. The molecule has 0 unspecified atom stereocenters. The molecule has 16 heavy (non-hydrogen) atoms. The number of terminal acetylenes is 1. The third-order valence-corrected chi connectivity index (χ3v) is 1.60. The van der Waals surface area contributed by atoms with Crippen LogP contribution in [-0.2, 0) is 14.2 Å². The maximum absolute atomic E-state index is 11.7. The maximum atomic E-state index is 11.7. The van der Waals surface area contributed by atoms with Gasteiger partial charge in [0.25, 0.3) is 0 Å². The zero-order valence-electron chi connectivity index (χ0n) is 10.3. The van der Waals surface area contributed by atoms with Crippen LogP contribution in [0.5, 0.6) is 0 Å². The van der Waals surface area contributed by atoms with Crippen molar-refractivity contribution in [1.82, 2.24) is 0 Å². The van der Waals surface area contributed by atoms with Gasteiger partial charge in [0.15, 0.2) is 0 Å². The van der Waals surface area contributed by atoms with Crippen LogP contribution in [0.15, 0.2) is 4.90 Å². The van der Waals surface area contributed by atoms with Crippen LogP contribution in [-0.4, -0.2) is 24.9 Å². The number of nitrogens with zero attached hydrogens (tertiary/aromatic N) is 1. The van der Waals surface area contributed by atoms with Crippen molar-refractivity contribution >= 4 is 13.2 Å². The van der Waals surface area contributed by atoms with Crippen molar-refractivity contribution in [3.05, 3.63) is 0 Å². The molecule has 5 heteroatoms. The summed E-state index contributed by atoms with van der Waals surface area (Å²) in [5, 5.41) is 0. The monoisotopic (exact) mass is 223 g/mol. The predicted octanol–water partition coefficient (Wildman–Crippen LogP) is 1.91. The van der Waals surface area contributed by atoms with E-state index in [2.05, 4.69) is 9.55 Å². The first-order valence-electron chi connectivity index (χ1n) is 5.26. The summed E-state index contributed by atoms with van der Waals surface area (Å²) in [6.07, 6.45) is 8.28. The van der Waals surface area contributed by atoms with Gasteiger partial charge in [0.2, 0.25) is 0 Å². The Hall–Kier alpha value is -1.31. The fraction of sp³-hybridized carbons (Fsp3) is 0.727. The first kappa shape index (κ1) is 14.7. The van der Waals surface area contributed by atoms with E-state index in [1.165, 1.54) is 0 Å². The Morgan fingerprint density at radius 2 is 2.19 bits per heavy atom. The fourth-order valence-corrected chi connectivity index (χ4v) is 1.03. The molecule has 0 amide bonds. The Bertz CT molecular complexity index is 289. The molecule has 0 fully saturated rings. The number of hydrogen-bond acceptors (Lipinski definition) is 4. The van der Waals surface area contributed by atoms with Gasteiger partial charge in [0.1, 0.15) is 0 Å². The van der Waals surface area contributed by atoms with Crippen molar-refractivity contribution in [3.63, 3.8) is 0 Å². The van der Waals surface area contributed by atoms with Gasteiger partial charge >= 0.3 is 97.0 Å². The first-order valence-corrected chi connectivity index (χ1v) is 5.26. The van der Waals surface area contributed by atoms with Gasteiger partial charge in [-0.2, -0.15) is 0 Å². The number of ether oxygens (including phenoxy) is 1. The van der Waals surface area contributed by atoms with E-state index in [4.69, 9.17) is 11.2 Å². The first-order chi connectivity index (χ1) is 7.40. The molecule has 0 heterocycles. The van der Waals surface area contributed by atoms with Crippen molar-refractivity contribution in [2.75, 3.05) is 0 Å². The molecule has 4 nitrogen and oxygen atoms in total. The Kier molecular flexibility index (Phi) is 6.47. The van der Waals surface area contributed by atoms with E-state index >= 15 is 0 Å². The van der Waals surface area contributed by atoms with Gasteiger partial charge in [-0.3, -0.25) is 0 Å². The van der Waals surface area contributed by atoms with E-state index in [9.17, 15) is 4.79 Å². The summed E-state index contributed by atoms with van der Waals surface area (Å²) in [6, 6.07) is -0.544. The molecule has 0 radical (unpaired) electrons. The summed E-state index contributed by atoms with van der Waals surface area (Å²) in [4.78, 5) is 15.6. The summed E-state index contributed by atoms with van der Waals surface area (Å²) in [5.74, 6) is -0.355. The molecule has 0 spiro atoms. The van der Waals surface area contributed by atoms with Crippen molar-refractivity contribution in [1.29, 1.82) is 0 Å². The Morgan fingerprint density at radius 1 is 1.56 bits per heavy atom. The SMILES string of the molecule is C#COB=N[C@@H](CCC)C(=O)OC(C)(C)C. The van der Waals surface area contributed by atoms with Crippen molar-refractivity contribution in [2.45, 2.75) is 52.2 Å². The summed E-state index contributed by atoms with van der Waals surface area (Å²) < 4.78 is 9.74. The standard InChI is InChI=1S/C11H18BNO3/c1-6-8-9(13-12-15-7-2)10(14)16-11(3,4)5/h2,9H,6,8H2,1,3-5H3/t9-/m0/s1. The summed E-state index contributed by atoms with van der Waals surface area (Å²) in [5.41, 5.74) is -0.508. The van der Waals surface area contributed by atoms with E-state index in [0.717, 1.165) is 13.7 Å². The minimum atomic E-state index is -0.544. The third-order valence-electron chi connectivity index (χ3n) is 1.60. The summed E-state index contributed by atoms with van der Waals surface area (Å²) in [7, 11) is 1.10. The number of rotatable bonds is 5. The molecule has 0 aliphatic heterocycles. The van der Waals surface area contributed by atoms with E-state index in [1.54, 1.807) is 0 Å². The molecule has 0 aliphatic carbocycles. The molecule has 0 saturated heterocycles. The molecule has 0 N–H and O–H groups in total. The van der Waals surface area contributed by atoms with Crippen molar-refractivity contribution in [2.24, 2.45) is 4.90 Å². The Balaban J connectivity index is 4.42. The average Bonchev–Trinajstić information content (AvgIpc) is 2.14. The molecular weight excluding hydrogens is 205 g/mol. The van der Waals surface area contributed by atoms with Gasteiger partial charge in [-0.15, -0.1) is 0 Å². The number of hydrogen-bond donors (Lipinski definition) is 0. The van der Waals surface area contributed by atoms with E-state index in [1.807, 2.05) is 33.8 Å². The minimum absolute atomic E-state index is 0.355. The van der Waals surface area contributed by atoms with Gasteiger partial charge in [0, 0.05) is 0 Å². The van der Waals surface area contributed by atoms with Gasteiger partial charge in [-0.05, 0) is 0 Å². The van der Waals surface area contributed by atoms with E-state index < -0.39 is 11.6 Å². The quantitative estimate of drug-likeness (QED) is 0.406. The zero-order chi connectivity index (χ0) is 12.6. The number of carbonyl (C=O) groups excluding carboxylic acids is 1. The molecule has 0 aromatic carbocycles. The van der Waals surface area contributed by atoms with Crippen LogP contribution in [0.2, 0.25) is 0 Å².